The van der Waals surface area contributed by atoms with E-state index in [9.17, 15) is 22.8 Å². The van der Waals surface area contributed by atoms with Crippen molar-refractivity contribution < 1.29 is 22.8 Å². The van der Waals surface area contributed by atoms with Crippen LogP contribution in [0.25, 0.3) is 0 Å². The number of carbonyl (C=O) groups is 2. The molecule has 0 bridgehead atoms. The van der Waals surface area contributed by atoms with Crippen molar-refractivity contribution in [3.8, 4) is 0 Å². The molecule has 7 heteroatoms. The number of amides is 1. The number of hydrogen-bond donors (Lipinski definition) is 2. The van der Waals surface area contributed by atoms with Crippen molar-refractivity contribution in [1.82, 2.24) is 0 Å². The minimum Gasteiger partial charge on any atom is -0.376 e. The summed E-state index contributed by atoms with van der Waals surface area (Å²) in [6, 6.07) is 10.9. The third kappa shape index (κ3) is 4.58. The Kier molecular flexibility index (Phi) is 5.23. The van der Waals surface area contributed by atoms with E-state index < -0.39 is 17.6 Å². The van der Waals surface area contributed by atoms with E-state index in [-0.39, 0.29) is 18.0 Å². The summed E-state index contributed by atoms with van der Waals surface area (Å²) >= 11 is 0. The number of benzene rings is 2. The lowest BCUT2D eigenvalue weighted by molar-refractivity contribution is -0.137. The van der Waals surface area contributed by atoms with Crippen LogP contribution in [0.3, 0.4) is 0 Å². The molecular weight excluding hydrogens is 321 g/mol. The molecule has 2 rings (SSSR count). The predicted molar refractivity (Wildman–Crippen MR) is 85.0 cm³/mol. The molecule has 0 aliphatic heterocycles. The highest BCUT2D eigenvalue weighted by Gasteiger charge is 2.29. The molecule has 1 amide bonds. The Hall–Kier alpha value is -2.83. The molecule has 0 heterocycles. The highest BCUT2D eigenvalue weighted by Crippen LogP contribution is 2.29. The maximum atomic E-state index is 12.5. The molecule has 0 atom stereocenters. The molecule has 4 nitrogen and oxygen atoms in total. The minimum atomic E-state index is -4.42. The lowest BCUT2D eigenvalue weighted by Gasteiger charge is -2.11. The first-order chi connectivity index (χ1) is 11.3. The summed E-state index contributed by atoms with van der Waals surface area (Å²) < 4.78 is 37.4. The number of ketones is 1. The van der Waals surface area contributed by atoms with Crippen LogP contribution in [0.15, 0.2) is 48.5 Å². The van der Waals surface area contributed by atoms with Crippen LogP contribution >= 0.6 is 0 Å². The van der Waals surface area contributed by atoms with Crippen molar-refractivity contribution in [2.24, 2.45) is 0 Å². The Bertz CT molecular complexity index is 740. The number of nitrogens with one attached hydrogen (secondary N) is 2. The summed E-state index contributed by atoms with van der Waals surface area (Å²) in [5, 5.41) is 5.32. The van der Waals surface area contributed by atoms with E-state index in [1.807, 2.05) is 0 Å². The van der Waals surface area contributed by atoms with Gasteiger partial charge in [0.2, 0.25) is 5.91 Å². The van der Waals surface area contributed by atoms with E-state index in [0.717, 1.165) is 12.1 Å². The number of hydrogen-bond acceptors (Lipinski definition) is 3. The number of Topliss-reactive ketones (excluding diaryl/α,β-unsaturated/α-hetero) is 1. The van der Waals surface area contributed by atoms with Gasteiger partial charge in [0.05, 0.1) is 12.1 Å². The lowest BCUT2D eigenvalue weighted by atomic mass is 10.1. The second kappa shape index (κ2) is 7.16. The van der Waals surface area contributed by atoms with Gasteiger partial charge in [-0.25, -0.2) is 0 Å². The monoisotopic (exact) mass is 336 g/mol. The van der Waals surface area contributed by atoms with Gasteiger partial charge < -0.3 is 10.6 Å². The molecule has 2 aromatic carbocycles. The Balaban J connectivity index is 1.96. The van der Waals surface area contributed by atoms with E-state index in [2.05, 4.69) is 10.6 Å². The zero-order valence-corrected chi connectivity index (χ0v) is 12.8. The van der Waals surface area contributed by atoms with Gasteiger partial charge in [-0.15, -0.1) is 0 Å². The van der Waals surface area contributed by atoms with Gasteiger partial charge in [-0.3, -0.25) is 9.59 Å². The molecule has 24 heavy (non-hydrogen) atoms. The number of alkyl halides is 3. The smallest absolute Gasteiger partial charge is 0.376 e. The van der Waals surface area contributed by atoms with Crippen LogP contribution in [0.2, 0.25) is 0 Å². The molecule has 0 aromatic heterocycles. The second-order valence-electron chi connectivity index (χ2n) is 5.08. The van der Waals surface area contributed by atoms with Crippen molar-refractivity contribution in [2.75, 3.05) is 17.2 Å². The van der Waals surface area contributed by atoms with E-state index >= 15 is 0 Å². The van der Waals surface area contributed by atoms with Crippen LogP contribution in [0.4, 0.5) is 24.5 Å². The Morgan fingerprint density at radius 2 is 1.62 bits per heavy atom. The fraction of sp³-hybridized carbons (Fsp3) is 0.176. The third-order valence-corrected chi connectivity index (χ3v) is 3.24. The Labute approximate surface area is 136 Å². The topological polar surface area (TPSA) is 58.2 Å². The molecule has 0 spiro atoms. The van der Waals surface area contributed by atoms with Crippen molar-refractivity contribution in [2.45, 2.75) is 13.1 Å². The highest BCUT2D eigenvalue weighted by molar-refractivity contribution is 6.00. The second-order valence-corrected chi connectivity index (χ2v) is 5.08. The third-order valence-electron chi connectivity index (χ3n) is 3.24. The van der Waals surface area contributed by atoms with Crippen LogP contribution in [-0.4, -0.2) is 18.2 Å². The number of anilines is 2. The van der Waals surface area contributed by atoms with E-state index in [1.54, 1.807) is 24.3 Å². The predicted octanol–water partition coefficient (Wildman–Crippen LogP) is 3.96. The molecule has 0 radical (unpaired) electrons. The van der Waals surface area contributed by atoms with Crippen LogP contribution in [0, 0.1) is 0 Å². The number of para-hydroxylation sites is 1. The van der Waals surface area contributed by atoms with E-state index in [4.69, 9.17) is 0 Å². The molecule has 2 aromatic rings. The van der Waals surface area contributed by atoms with Gasteiger partial charge in [0.25, 0.3) is 0 Å². The average Bonchev–Trinajstić information content (AvgIpc) is 2.53. The van der Waals surface area contributed by atoms with Crippen molar-refractivity contribution in [3.05, 3.63) is 59.7 Å². The number of halogens is 3. The summed E-state index contributed by atoms with van der Waals surface area (Å²) in [4.78, 5) is 23.4. The van der Waals surface area contributed by atoms with Gasteiger partial charge >= 0.3 is 6.18 Å². The van der Waals surface area contributed by atoms with E-state index in [0.29, 0.717) is 11.3 Å². The summed E-state index contributed by atoms with van der Waals surface area (Å²) in [5.74, 6) is -0.575. The lowest BCUT2D eigenvalue weighted by Crippen LogP contribution is -2.22. The zero-order chi connectivity index (χ0) is 17.7. The molecule has 0 saturated heterocycles. The first-order valence-corrected chi connectivity index (χ1v) is 7.08. The first-order valence-electron chi connectivity index (χ1n) is 7.08. The molecule has 126 valence electrons. The van der Waals surface area contributed by atoms with Gasteiger partial charge in [0.1, 0.15) is 0 Å². The SMILES string of the molecule is CC(=O)c1ccccc1NCC(=O)Nc1ccc(C(F)(F)F)cc1. The summed E-state index contributed by atoms with van der Waals surface area (Å²) in [6.45, 7) is 1.30. The normalized spacial score (nSPS) is 11.0. The molecule has 0 saturated carbocycles. The van der Waals surface area contributed by atoms with Crippen LogP contribution in [0.5, 0.6) is 0 Å². The van der Waals surface area contributed by atoms with Crippen LogP contribution < -0.4 is 10.6 Å². The molecule has 0 fully saturated rings. The summed E-state index contributed by atoms with van der Waals surface area (Å²) in [7, 11) is 0. The van der Waals surface area contributed by atoms with Gasteiger partial charge in [-0.1, -0.05) is 12.1 Å². The Morgan fingerprint density at radius 3 is 2.21 bits per heavy atom. The maximum absolute atomic E-state index is 12.5. The molecule has 0 aliphatic rings. The number of carbonyl (C=O) groups excluding carboxylic acids is 2. The highest BCUT2D eigenvalue weighted by atomic mass is 19.4. The van der Waals surface area contributed by atoms with Crippen molar-refractivity contribution in [3.63, 3.8) is 0 Å². The average molecular weight is 336 g/mol. The van der Waals surface area contributed by atoms with Gasteiger partial charge in [-0.2, -0.15) is 13.2 Å². The fourth-order valence-electron chi connectivity index (χ4n) is 2.07. The molecule has 0 unspecified atom stereocenters. The fourth-order valence-corrected chi connectivity index (χ4v) is 2.07. The largest absolute Gasteiger partial charge is 0.416 e. The van der Waals surface area contributed by atoms with E-state index in [1.165, 1.54) is 19.1 Å². The summed E-state index contributed by atoms with van der Waals surface area (Å²) in [5.41, 5.74) is 0.455. The standard InChI is InChI=1S/C17H15F3N2O2/c1-11(23)14-4-2-3-5-15(14)21-10-16(24)22-13-8-6-12(7-9-13)17(18,19)20/h2-9,21H,10H2,1H3,(H,22,24). The van der Waals surface area contributed by atoms with Crippen molar-refractivity contribution >= 4 is 23.1 Å². The molecule has 0 aliphatic carbocycles. The van der Waals surface area contributed by atoms with Gasteiger partial charge in [0.15, 0.2) is 5.78 Å². The van der Waals surface area contributed by atoms with Crippen molar-refractivity contribution in [1.29, 1.82) is 0 Å². The van der Waals surface area contributed by atoms with Crippen LogP contribution in [-0.2, 0) is 11.0 Å². The first kappa shape index (κ1) is 17.5. The zero-order valence-electron chi connectivity index (χ0n) is 12.8. The van der Waals surface area contributed by atoms with Gasteiger partial charge in [-0.05, 0) is 43.3 Å². The maximum Gasteiger partial charge on any atom is 0.416 e. The van der Waals surface area contributed by atoms with Crippen LogP contribution in [0.1, 0.15) is 22.8 Å². The molecule has 2 N–H and O–H groups in total. The summed E-state index contributed by atoms with van der Waals surface area (Å²) in [6.07, 6.45) is -4.42. The minimum absolute atomic E-state index is 0.120. The number of rotatable bonds is 5. The van der Waals surface area contributed by atoms with Gasteiger partial charge in [0, 0.05) is 16.9 Å². The Morgan fingerprint density at radius 1 is 1.00 bits per heavy atom. The quantitative estimate of drug-likeness (QED) is 0.813. The molecular formula is C17H15F3N2O2.